The number of carbonyl (C=O) groups excluding carboxylic acids is 2. The van der Waals surface area contributed by atoms with Crippen LogP contribution in [0.4, 0.5) is 4.79 Å². The Morgan fingerprint density at radius 2 is 1.86 bits per heavy atom. The molecule has 1 rings (SSSR count). The van der Waals surface area contributed by atoms with Crippen LogP contribution in [0.2, 0.25) is 0 Å². The van der Waals surface area contributed by atoms with E-state index < -0.39 is 5.60 Å². The molecule has 0 aliphatic carbocycles. The lowest BCUT2D eigenvalue weighted by Gasteiger charge is -2.25. The van der Waals surface area contributed by atoms with E-state index in [1.165, 1.54) is 0 Å². The highest BCUT2D eigenvalue weighted by Gasteiger charge is 2.31. The maximum atomic E-state index is 12.0. The largest absolute Gasteiger partial charge is 0.444 e. The van der Waals surface area contributed by atoms with Gasteiger partial charge >= 0.3 is 6.09 Å². The molecule has 2 amide bonds. The van der Waals surface area contributed by atoms with Crippen LogP contribution in [0.3, 0.4) is 0 Å². The molecule has 2 N–H and O–H groups in total. The minimum Gasteiger partial charge on any atom is -0.444 e. The first kappa shape index (κ1) is 17.8. The minimum absolute atomic E-state index is 0.0132. The quantitative estimate of drug-likeness (QED) is 0.825. The van der Waals surface area contributed by atoms with Crippen molar-refractivity contribution >= 4 is 12.0 Å². The highest BCUT2D eigenvalue weighted by molar-refractivity contribution is 5.81. The zero-order chi connectivity index (χ0) is 16.2. The molecule has 6 heteroatoms. The number of nitrogens with zero attached hydrogens (tertiary/aromatic N) is 1. The van der Waals surface area contributed by atoms with Crippen molar-refractivity contribution in [3.8, 4) is 0 Å². The summed E-state index contributed by atoms with van der Waals surface area (Å²) in [6.07, 6.45) is 0.546. The number of likely N-dealkylation sites (tertiary alicyclic amines) is 1. The molecule has 0 spiro atoms. The molecule has 1 saturated heterocycles. The van der Waals surface area contributed by atoms with Crippen molar-refractivity contribution in [1.29, 1.82) is 0 Å². The molecule has 2 atom stereocenters. The molecule has 2 unspecified atom stereocenters. The van der Waals surface area contributed by atoms with Crippen LogP contribution in [0.25, 0.3) is 0 Å². The second kappa shape index (κ2) is 7.11. The molecule has 1 heterocycles. The third-order valence-corrected chi connectivity index (χ3v) is 3.15. The Labute approximate surface area is 127 Å². The van der Waals surface area contributed by atoms with Crippen molar-refractivity contribution < 1.29 is 14.3 Å². The van der Waals surface area contributed by atoms with Gasteiger partial charge in [0, 0.05) is 25.2 Å². The Balaban J connectivity index is 2.41. The van der Waals surface area contributed by atoms with E-state index in [0.717, 1.165) is 6.42 Å². The maximum absolute atomic E-state index is 12.0. The standard InChI is InChI=1S/C15H29N3O3/c1-10(2)16-13(19)11(3)17-12-7-8-18(9-12)14(20)21-15(4,5)6/h10-12,17H,7-9H2,1-6H3,(H,16,19). The average molecular weight is 299 g/mol. The molecule has 1 aliphatic rings. The Morgan fingerprint density at radius 1 is 1.24 bits per heavy atom. The lowest BCUT2D eigenvalue weighted by atomic mass is 10.2. The highest BCUT2D eigenvalue weighted by atomic mass is 16.6. The average Bonchev–Trinajstić information content (AvgIpc) is 2.74. The van der Waals surface area contributed by atoms with Crippen molar-refractivity contribution in [2.24, 2.45) is 0 Å². The summed E-state index contributed by atoms with van der Waals surface area (Å²) < 4.78 is 5.35. The van der Waals surface area contributed by atoms with Crippen LogP contribution in [0.5, 0.6) is 0 Å². The fourth-order valence-corrected chi connectivity index (χ4v) is 2.23. The van der Waals surface area contributed by atoms with E-state index in [4.69, 9.17) is 4.74 Å². The van der Waals surface area contributed by atoms with E-state index in [9.17, 15) is 9.59 Å². The Morgan fingerprint density at radius 3 is 2.38 bits per heavy atom. The van der Waals surface area contributed by atoms with Crippen LogP contribution >= 0.6 is 0 Å². The van der Waals surface area contributed by atoms with Gasteiger partial charge in [-0.05, 0) is 48.0 Å². The van der Waals surface area contributed by atoms with E-state index in [-0.39, 0.29) is 30.1 Å². The number of rotatable bonds is 4. The molecule has 0 aromatic rings. The predicted molar refractivity (Wildman–Crippen MR) is 82.1 cm³/mol. The first-order chi connectivity index (χ1) is 9.58. The second-order valence-electron chi connectivity index (χ2n) is 6.96. The molecule has 1 fully saturated rings. The summed E-state index contributed by atoms with van der Waals surface area (Å²) in [6, 6.07) is -0.00925. The summed E-state index contributed by atoms with van der Waals surface area (Å²) in [4.78, 5) is 25.5. The second-order valence-corrected chi connectivity index (χ2v) is 6.96. The van der Waals surface area contributed by atoms with Gasteiger partial charge in [-0.1, -0.05) is 0 Å². The lowest BCUT2D eigenvalue weighted by molar-refractivity contribution is -0.123. The molecular formula is C15H29N3O3. The van der Waals surface area contributed by atoms with E-state index in [1.807, 2.05) is 41.5 Å². The fourth-order valence-electron chi connectivity index (χ4n) is 2.23. The van der Waals surface area contributed by atoms with Crippen molar-refractivity contribution in [2.45, 2.75) is 71.7 Å². The van der Waals surface area contributed by atoms with Gasteiger partial charge in [0.2, 0.25) is 5.91 Å². The van der Waals surface area contributed by atoms with Gasteiger partial charge in [-0.3, -0.25) is 4.79 Å². The van der Waals surface area contributed by atoms with E-state index >= 15 is 0 Å². The molecule has 0 saturated carbocycles. The number of carbonyl (C=O) groups is 2. The fraction of sp³-hybridized carbons (Fsp3) is 0.867. The van der Waals surface area contributed by atoms with Gasteiger partial charge in [0.15, 0.2) is 0 Å². The van der Waals surface area contributed by atoms with Crippen molar-refractivity contribution in [3.63, 3.8) is 0 Å². The Hall–Kier alpha value is -1.30. The van der Waals surface area contributed by atoms with Crippen LogP contribution in [0.15, 0.2) is 0 Å². The van der Waals surface area contributed by atoms with Gasteiger partial charge in [-0.25, -0.2) is 4.79 Å². The molecule has 0 bridgehead atoms. The van der Waals surface area contributed by atoms with Gasteiger partial charge in [-0.15, -0.1) is 0 Å². The van der Waals surface area contributed by atoms with E-state index in [1.54, 1.807) is 4.90 Å². The predicted octanol–water partition coefficient (Wildman–Crippen LogP) is 1.50. The number of nitrogens with one attached hydrogen (secondary N) is 2. The van der Waals surface area contributed by atoms with Crippen LogP contribution < -0.4 is 10.6 Å². The normalized spacial score (nSPS) is 20.5. The van der Waals surface area contributed by atoms with Crippen molar-refractivity contribution in [3.05, 3.63) is 0 Å². The van der Waals surface area contributed by atoms with Crippen molar-refractivity contribution in [1.82, 2.24) is 15.5 Å². The van der Waals surface area contributed by atoms with Crippen LogP contribution in [0, 0.1) is 0 Å². The zero-order valence-electron chi connectivity index (χ0n) is 14.0. The van der Waals surface area contributed by atoms with Crippen LogP contribution in [0.1, 0.15) is 48.0 Å². The summed E-state index contributed by atoms with van der Waals surface area (Å²) in [7, 11) is 0. The topological polar surface area (TPSA) is 70.7 Å². The van der Waals surface area contributed by atoms with E-state index in [0.29, 0.717) is 13.1 Å². The summed E-state index contributed by atoms with van der Waals surface area (Å²) in [6.45, 7) is 12.5. The molecule has 0 radical (unpaired) electrons. The van der Waals surface area contributed by atoms with Gasteiger partial charge in [-0.2, -0.15) is 0 Å². The van der Waals surface area contributed by atoms with Crippen LogP contribution in [-0.4, -0.2) is 53.7 Å². The number of hydrogen-bond acceptors (Lipinski definition) is 4. The molecule has 122 valence electrons. The molecule has 1 aliphatic heterocycles. The van der Waals surface area contributed by atoms with Gasteiger partial charge in [0.05, 0.1) is 6.04 Å². The minimum atomic E-state index is -0.479. The first-order valence-electron chi connectivity index (χ1n) is 7.63. The summed E-state index contributed by atoms with van der Waals surface area (Å²) in [5, 5.41) is 6.14. The maximum Gasteiger partial charge on any atom is 0.410 e. The lowest BCUT2D eigenvalue weighted by Crippen LogP contribution is -2.49. The molecule has 21 heavy (non-hydrogen) atoms. The van der Waals surface area contributed by atoms with Crippen LogP contribution in [-0.2, 0) is 9.53 Å². The Bertz CT molecular complexity index is 377. The molecule has 0 aromatic carbocycles. The zero-order valence-corrected chi connectivity index (χ0v) is 14.0. The summed E-state index contributed by atoms with van der Waals surface area (Å²) in [5.74, 6) is -0.0132. The molecular weight excluding hydrogens is 270 g/mol. The monoisotopic (exact) mass is 299 g/mol. The highest BCUT2D eigenvalue weighted by Crippen LogP contribution is 2.15. The number of ether oxygens (including phenoxy) is 1. The summed E-state index contributed by atoms with van der Waals surface area (Å²) >= 11 is 0. The van der Waals surface area contributed by atoms with Gasteiger partial charge in [0.1, 0.15) is 5.60 Å². The summed E-state index contributed by atoms with van der Waals surface area (Å²) in [5.41, 5.74) is -0.479. The first-order valence-corrected chi connectivity index (χ1v) is 7.63. The molecule has 6 nitrogen and oxygen atoms in total. The van der Waals surface area contributed by atoms with Crippen molar-refractivity contribution in [2.75, 3.05) is 13.1 Å². The number of amides is 2. The smallest absolute Gasteiger partial charge is 0.410 e. The van der Waals surface area contributed by atoms with Gasteiger partial charge in [0.25, 0.3) is 0 Å². The van der Waals surface area contributed by atoms with Gasteiger partial charge < -0.3 is 20.3 Å². The number of hydrogen-bond donors (Lipinski definition) is 2. The third-order valence-electron chi connectivity index (χ3n) is 3.15. The van der Waals surface area contributed by atoms with E-state index in [2.05, 4.69) is 10.6 Å². The Kier molecular flexibility index (Phi) is 6.01. The third kappa shape index (κ3) is 6.33. The molecule has 0 aromatic heterocycles. The SMILES string of the molecule is CC(C)NC(=O)C(C)NC1CCN(C(=O)OC(C)(C)C)C1.